The van der Waals surface area contributed by atoms with Gasteiger partial charge in [0.25, 0.3) is 5.91 Å². The smallest absolute Gasteiger partial charge is 0.280 e. The number of amides is 1. The number of carbonyl (C=O) groups is 1. The van der Waals surface area contributed by atoms with Gasteiger partial charge in [0, 0.05) is 6.07 Å². The molecule has 0 spiro atoms. The summed E-state index contributed by atoms with van der Waals surface area (Å²) in [5, 5.41) is 3.94. The van der Waals surface area contributed by atoms with E-state index in [4.69, 9.17) is 14.2 Å². The van der Waals surface area contributed by atoms with Gasteiger partial charge in [0.15, 0.2) is 6.10 Å². The second kappa shape index (κ2) is 9.32. The van der Waals surface area contributed by atoms with Gasteiger partial charge >= 0.3 is 0 Å². The van der Waals surface area contributed by atoms with Gasteiger partial charge in [-0.1, -0.05) is 6.07 Å². The molecule has 0 bridgehead atoms. The van der Waals surface area contributed by atoms with Gasteiger partial charge < -0.3 is 14.2 Å². The molecule has 2 aromatic carbocycles. The van der Waals surface area contributed by atoms with E-state index in [0.717, 1.165) is 11.3 Å². The summed E-state index contributed by atoms with van der Waals surface area (Å²) in [6.45, 7) is 4.20. The van der Waals surface area contributed by atoms with Gasteiger partial charge in [-0.15, -0.1) is 0 Å². The maximum Gasteiger partial charge on any atom is 0.280 e. The van der Waals surface area contributed by atoms with Crippen molar-refractivity contribution < 1.29 is 19.0 Å². The van der Waals surface area contributed by atoms with Crippen molar-refractivity contribution in [2.45, 2.75) is 20.0 Å². The Morgan fingerprint density at radius 3 is 2.56 bits per heavy atom. The number of nitrogens with one attached hydrogen (secondary N) is 1. The first-order valence-corrected chi connectivity index (χ1v) is 7.99. The Hall–Kier alpha value is -3.02. The Bertz CT molecular complexity index is 714. The molecular weight excluding hydrogens is 320 g/mol. The third kappa shape index (κ3) is 5.84. The topological polar surface area (TPSA) is 69.2 Å². The molecule has 2 rings (SSSR count). The average molecular weight is 342 g/mol. The van der Waals surface area contributed by atoms with Gasteiger partial charge in [-0.2, -0.15) is 5.10 Å². The summed E-state index contributed by atoms with van der Waals surface area (Å²) >= 11 is 0. The predicted octanol–water partition coefficient (Wildman–Crippen LogP) is 3.01. The molecule has 6 nitrogen and oxygen atoms in total. The lowest BCUT2D eigenvalue weighted by atomic mass is 10.2. The molecule has 2 aromatic rings. The highest BCUT2D eigenvalue weighted by atomic mass is 16.5. The maximum absolute atomic E-state index is 12.0. The number of carbonyl (C=O) groups excluding carboxylic acids is 1. The summed E-state index contributed by atoms with van der Waals surface area (Å²) in [4.78, 5) is 12.0. The van der Waals surface area contributed by atoms with Crippen LogP contribution >= 0.6 is 0 Å². The van der Waals surface area contributed by atoms with Crippen LogP contribution in [0.2, 0.25) is 0 Å². The lowest BCUT2D eigenvalue weighted by molar-refractivity contribution is -0.127. The summed E-state index contributed by atoms with van der Waals surface area (Å²) in [7, 11) is 1.57. The molecule has 1 atom stereocenters. The predicted molar refractivity (Wildman–Crippen MR) is 96.4 cm³/mol. The lowest BCUT2D eigenvalue weighted by Gasteiger charge is -2.13. The quantitative estimate of drug-likeness (QED) is 0.591. The fourth-order valence-electron chi connectivity index (χ4n) is 2.01. The average Bonchev–Trinajstić information content (AvgIpc) is 2.63. The molecule has 0 heterocycles. The Balaban J connectivity index is 1.85. The largest absolute Gasteiger partial charge is 0.497 e. The molecule has 0 aliphatic carbocycles. The van der Waals surface area contributed by atoms with Crippen LogP contribution in [-0.4, -0.2) is 31.9 Å². The summed E-state index contributed by atoms with van der Waals surface area (Å²) < 4.78 is 16.1. The number of hydrazone groups is 1. The molecule has 0 aliphatic rings. The summed E-state index contributed by atoms with van der Waals surface area (Å²) in [6, 6.07) is 14.5. The zero-order valence-electron chi connectivity index (χ0n) is 14.6. The molecule has 0 saturated heterocycles. The molecule has 132 valence electrons. The highest BCUT2D eigenvalue weighted by Crippen LogP contribution is 2.19. The molecule has 1 unspecified atom stereocenters. The lowest BCUT2D eigenvalue weighted by Crippen LogP contribution is -2.33. The highest BCUT2D eigenvalue weighted by Gasteiger charge is 2.14. The molecule has 0 aromatic heterocycles. The summed E-state index contributed by atoms with van der Waals surface area (Å²) in [6.07, 6.45) is 0.871. The zero-order valence-corrected chi connectivity index (χ0v) is 14.6. The molecule has 0 aliphatic heterocycles. The first-order valence-electron chi connectivity index (χ1n) is 7.99. The van der Waals surface area contributed by atoms with Crippen molar-refractivity contribution >= 4 is 12.1 Å². The van der Waals surface area contributed by atoms with Crippen LogP contribution in [0.4, 0.5) is 0 Å². The van der Waals surface area contributed by atoms with Crippen LogP contribution in [0, 0.1) is 0 Å². The minimum atomic E-state index is -0.690. The van der Waals surface area contributed by atoms with Gasteiger partial charge in [-0.25, -0.2) is 5.43 Å². The summed E-state index contributed by atoms with van der Waals surface area (Å²) in [5.74, 6) is 1.67. The molecule has 0 radical (unpaired) electrons. The van der Waals surface area contributed by atoms with Crippen LogP contribution in [0.15, 0.2) is 53.6 Å². The number of ether oxygens (including phenoxy) is 3. The van der Waals surface area contributed by atoms with Gasteiger partial charge in [0.05, 0.1) is 19.9 Å². The van der Waals surface area contributed by atoms with Crippen LogP contribution in [0.25, 0.3) is 0 Å². The van der Waals surface area contributed by atoms with Gasteiger partial charge in [-0.3, -0.25) is 4.79 Å². The minimum Gasteiger partial charge on any atom is -0.497 e. The van der Waals surface area contributed by atoms with E-state index in [1.54, 1.807) is 44.5 Å². The molecule has 1 N–H and O–H groups in total. The van der Waals surface area contributed by atoms with Gasteiger partial charge in [-0.05, 0) is 55.8 Å². The van der Waals surface area contributed by atoms with E-state index in [2.05, 4.69) is 10.5 Å². The normalized spacial score (nSPS) is 11.8. The van der Waals surface area contributed by atoms with Crippen molar-refractivity contribution in [3.8, 4) is 17.2 Å². The highest BCUT2D eigenvalue weighted by molar-refractivity contribution is 5.84. The second-order valence-corrected chi connectivity index (χ2v) is 5.18. The zero-order chi connectivity index (χ0) is 18.1. The van der Waals surface area contributed by atoms with Crippen molar-refractivity contribution in [2.75, 3.05) is 13.7 Å². The van der Waals surface area contributed by atoms with Crippen molar-refractivity contribution in [1.29, 1.82) is 0 Å². The van der Waals surface area contributed by atoms with Crippen molar-refractivity contribution in [2.24, 2.45) is 5.10 Å². The number of methoxy groups -OCH3 is 1. The van der Waals surface area contributed by atoms with Gasteiger partial charge in [0.2, 0.25) is 0 Å². The Morgan fingerprint density at radius 2 is 1.88 bits per heavy atom. The third-order valence-electron chi connectivity index (χ3n) is 3.30. The SMILES string of the molecule is CCOc1ccc(/C=N/NC(=O)C(C)Oc2cccc(OC)c2)cc1. The van der Waals surface area contributed by atoms with Crippen molar-refractivity contribution in [3.63, 3.8) is 0 Å². The second-order valence-electron chi connectivity index (χ2n) is 5.18. The first kappa shape index (κ1) is 18.3. The van der Waals surface area contributed by atoms with Crippen molar-refractivity contribution in [3.05, 3.63) is 54.1 Å². The Kier molecular flexibility index (Phi) is 6.83. The van der Waals surface area contributed by atoms with Crippen LogP contribution in [0.1, 0.15) is 19.4 Å². The van der Waals surface area contributed by atoms with E-state index in [0.29, 0.717) is 18.1 Å². The van der Waals surface area contributed by atoms with E-state index in [-0.39, 0.29) is 5.91 Å². The molecule has 25 heavy (non-hydrogen) atoms. The Labute approximate surface area is 147 Å². The monoisotopic (exact) mass is 342 g/mol. The Morgan fingerprint density at radius 1 is 1.16 bits per heavy atom. The number of hydrogen-bond donors (Lipinski definition) is 1. The fraction of sp³-hybridized carbons (Fsp3) is 0.263. The first-order chi connectivity index (χ1) is 12.1. The number of nitrogens with zero attached hydrogens (tertiary/aromatic N) is 1. The maximum atomic E-state index is 12.0. The summed E-state index contributed by atoms with van der Waals surface area (Å²) in [5.41, 5.74) is 3.31. The van der Waals surface area contributed by atoms with E-state index < -0.39 is 6.10 Å². The molecule has 0 saturated carbocycles. The van der Waals surface area contributed by atoms with Gasteiger partial charge in [0.1, 0.15) is 17.2 Å². The molecule has 6 heteroatoms. The van der Waals surface area contributed by atoms with Crippen LogP contribution in [-0.2, 0) is 4.79 Å². The molecule has 0 fully saturated rings. The minimum absolute atomic E-state index is 0.343. The molecular formula is C19H22N2O4. The van der Waals surface area contributed by atoms with E-state index in [9.17, 15) is 4.79 Å². The number of hydrogen-bond acceptors (Lipinski definition) is 5. The third-order valence-corrected chi connectivity index (χ3v) is 3.30. The number of benzene rings is 2. The van der Waals surface area contributed by atoms with Crippen molar-refractivity contribution in [1.82, 2.24) is 5.43 Å². The van der Waals surface area contributed by atoms with Crippen LogP contribution < -0.4 is 19.6 Å². The molecule has 1 amide bonds. The van der Waals surface area contributed by atoms with E-state index in [1.807, 2.05) is 31.2 Å². The van der Waals surface area contributed by atoms with E-state index >= 15 is 0 Å². The standard InChI is InChI=1S/C19H22N2O4/c1-4-24-16-10-8-15(9-11-16)13-20-21-19(22)14(2)25-18-7-5-6-17(12-18)23-3/h5-14H,4H2,1-3H3,(H,21,22)/b20-13+. The van der Waals surface area contributed by atoms with E-state index in [1.165, 1.54) is 0 Å². The van der Waals surface area contributed by atoms with Crippen LogP contribution in [0.5, 0.6) is 17.2 Å². The number of rotatable bonds is 8. The van der Waals surface area contributed by atoms with Crippen LogP contribution in [0.3, 0.4) is 0 Å². The fourth-order valence-corrected chi connectivity index (χ4v) is 2.01.